The number of likely N-dealkylation sites (tertiary alicyclic amines) is 1. The van der Waals surface area contributed by atoms with Crippen molar-refractivity contribution in [1.29, 1.82) is 5.26 Å². The second-order valence-electron chi connectivity index (χ2n) is 5.48. The molecule has 0 spiro atoms. The first kappa shape index (κ1) is 11.4. The van der Waals surface area contributed by atoms with E-state index >= 15 is 0 Å². The standard InChI is InChI=1S/C13H20N2O/c1-9(2)10-3-5-15(6-4-10)13(16)12-7-11(12)8-14/h9-12H,3-7H2,1-2H3. The Labute approximate surface area is 97.4 Å². The van der Waals surface area contributed by atoms with Gasteiger partial charge >= 0.3 is 0 Å². The normalized spacial score (nSPS) is 30.2. The van der Waals surface area contributed by atoms with E-state index in [0.29, 0.717) is 0 Å². The number of carbonyl (C=O) groups excluding carboxylic acids is 1. The number of nitriles is 1. The fourth-order valence-corrected chi connectivity index (χ4v) is 2.63. The van der Waals surface area contributed by atoms with Crippen molar-refractivity contribution in [1.82, 2.24) is 4.90 Å². The molecule has 1 heterocycles. The third-order valence-electron chi connectivity index (χ3n) is 4.07. The van der Waals surface area contributed by atoms with Crippen LogP contribution in [-0.4, -0.2) is 23.9 Å². The first-order valence-electron chi connectivity index (χ1n) is 6.32. The van der Waals surface area contributed by atoms with Gasteiger partial charge in [-0.15, -0.1) is 0 Å². The number of rotatable bonds is 2. The fourth-order valence-electron chi connectivity index (χ4n) is 2.63. The summed E-state index contributed by atoms with van der Waals surface area (Å²) in [6, 6.07) is 2.19. The van der Waals surface area contributed by atoms with Crippen molar-refractivity contribution in [3.8, 4) is 6.07 Å². The van der Waals surface area contributed by atoms with Crippen LogP contribution in [-0.2, 0) is 4.79 Å². The first-order valence-corrected chi connectivity index (χ1v) is 6.32. The highest BCUT2D eigenvalue weighted by atomic mass is 16.2. The van der Waals surface area contributed by atoms with Gasteiger partial charge in [0.15, 0.2) is 0 Å². The van der Waals surface area contributed by atoms with E-state index in [9.17, 15) is 4.79 Å². The zero-order chi connectivity index (χ0) is 11.7. The van der Waals surface area contributed by atoms with Gasteiger partial charge in [-0.2, -0.15) is 5.26 Å². The summed E-state index contributed by atoms with van der Waals surface area (Å²) in [6.07, 6.45) is 3.06. The zero-order valence-corrected chi connectivity index (χ0v) is 10.1. The van der Waals surface area contributed by atoms with Gasteiger partial charge in [-0.1, -0.05) is 13.8 Å². The summed E-state index contributed by atoms with van der Waals surface area (Å²) in [7, 11) is 0. The maximum atomic E-state index is 12.0. The van der Waals surface area contributed by atoms with Gasteiger partial charge in [0.25, 0.3) is 0 Å². The maximum Gasteiger partial charge on any atom is 0.227 e. The van der Waals surface area contributed by atoms with Crippen LogP contribution in [0.1, 0.15) is 33.1 Å². The second kappa shape index (κ2) is 4.45. The van der Waals surface area contributed by atoms with Gasteiger partial charge in [0.05, 0.1) is 17.9 Å². The minimum atomic E-state index is 0.00956. The van der Waals surface area contributed by atoms with Crippen LogP contribution in [0.25, 0.3) is 0 Å². The summed E-state index contributed by atoms with van der Waals surface area (Å²) in [5.74, 6) is 1.77. The first-order chi connectivity index (χ1) is 7.63. The molecule has 3 heteroatoms. The van der Waals surface area contributed by atoms with Crippen molar-refractivity contribution in [3.05, 3.63) is 0 Å². The molecule has 1 amide bonds. The van der Waals surface area contributed by atoms with Crippen molar-refractivity contribution in [2.75, 3.05) is 13.1 Å². The molecule has 2 fully saturated rings. The van der Waals surface area contributed by atoms with Crippen LogP contribution < -0.4 is 0 Å². The molecule has 2 rings (SSSR count). The van der Waals surface area contributed by atoms with Gasteiger partial charge in [0.1, 0.15) is 0 Å². The number of hydrogen-bond acceptors (Lipinski definition) is 2. The SMILES string of the molecule is CC(C)C1CCN(C(=O)C2CC2C#N)CC1. The Hall–Kier alpha value is -1.04. The fraction of sp³-hybridized carbons (Fsp3) is 0.846. The summed E-state index contributed by atoms with van der Waals surface area (Å²) >= 11 is 0. The van der Waals surface area contributed by atoms with E-state index in [1.54, 1.807) is 0 Å². The number of hydrogen-bond donors (Lipinski definition) is 0. The predicted molar refractivity (Wildman–Crippen MR) is 61.4 cm³/mol. The smallest absolute Gasteiger partial charge is 0.227 e. The van der Waals surface area contributed by atoms with Gasteiger partial charge < -0.3 is 4.90 Å². The van der Waals surface area contributed by atoms with E-state index in [1.165, 1.54) is 0 Å². The molecular formula is C13H20N2O. The number of piperidine rings is 1. The molecule has 88 valence electrons. The Morgan fingerprint density at radius 2 is 2.00 bits per heavy atom. The van der Waals surface area contributed by atoms with Crippen LogP contribution in [0.5, 0.6) is 0 Å². The average molecular weight is 220 g/mol. The van der Waals surface area contributed by atoms with Crippen molar-refractivity contribution in [2.24, 2.45) is 23.7 Å². The van der Waals surface area contributed by atoms with Crippen molar-refractivity contribution >= 4 is 5.91 Å². The molecule has 0 aromatic rings. The van der Waals surface area contributed by atoms with E-state index < -0.39 is 0 Å². The second-order valence-corrected chi connectivity index (χ2v) is 5.48. The van der Waals surface area contributed by atoms with Gasteiger partial charge in [0.2, 0.25) is 5.91 Å². The van der Waals surface area contributed by atoms with Crippen molar-refractivity contribution in [3.63, 3.8) is 0 Å². The number of nitrogens with zero attached hydrogens (tertiary/aromatic N) is 2. The molecule has 0 N–H and O–H groups in total. The Morgan fingerprint density at radius 1 is 1.38 bits per heavy atom. The molecule has 2 atom stereocenters. The van der Waals surface area contributed by atoms with E-state index in [1.807, 2.05) is 4.90 Å². The molecule has 0 aromatic carbocycles. The van der Waals surface area contributed by atoms with Crippen LogP contribution in [0.15, 0.2) is 0 Å². The molecule has 1 aliphatic carbocycles. The van der Waals surface area contributed by atoms with E-state index in [2.05, 4.69) is 19.9 Å². The molecule has 0 bridgehead atoms. The summed E-state index contributed by atoms with van der Waals surface area (Å²) in [4.78, 5) is 14.0. The van der Waals surface area contributed by atoms with Crippen LogP contribution in [0.2, 0.25) is 0 Å². The highest BCUT2D eigenvalue weighted by Crippen LogP contribution is 2.40. The third-order valence-corrected chi connectivity index (χ3v) is 4.07. The summed E-state index contributed by atoms with van der Waals surface area (Å²) in [5.41, 5.74) is 0. The average Bonchev–Trinajstić information content (AvgIpc) is 3.07. The molecule has 3 nitrogen and oxygen atoms in total. The van der Waals surface area contributed by atoms with Crippen LogP contribution >= 0.6 is 0 Å². The Bertz CT molecular complexity index is 310. The predicted octanol–water partition coefficient (Wildman–Crippen LogP) is 2.04. The van der Waals surface area contributed by atoms with Gasteiger partial charge in [-0.05, 0) is 31.1 Å². The molecule has 1 saturated heterocycles. The molecule has 2 aliphatic rings. The highest BCUT2D eigenvalue weighted by molar-refractivity contribution is 5.82. The molecule has 1 saturated carbocycles. The zero-order valence-electron chi connectivity index (χ0n) is 10.1. The summed E-state index contributed by atoms with van der Waals surface area (Å²) in [5, 5.41) is 8.72. The van der Waals surface area contributed by atoms with Crippen molar-refractivity contribution in [2.45, 2.75) is 33.1 Å². The molecule has 2 unspecified atom stereocenters. The Morgan fingerprint density at radius 3 is 2.44 bits per heavy atom. The number of carbonyl (C=O) groups is 1. The van der Waals surface area contributed by atoms with Gasteiger partial charge in [-0.25, -0.2) is 0 Å². The minimum absolute atomic E-state index is 0.00956. The lowest BCUT2D eigenvalue weighted by molar-refractivity contribution is -0.134. The van der Waals surface area contributed by atoms with E-state index in [-0.39, 0.29) is 17.7 Å². The van der Waals surface area contributed by atoms with Gasteiger partial charge in [0, 0.05) is 13.1 Å². The van der Waals surface area contributed by atoms with E-state index in [0.717, 1.165) is 44.2 Å². The monoisotopic (exact) mass is 220 g/mol. The Kier molecular flexibility index (Phi) is 3.18. The lowest BCUT2D eigenvalue weighted by Crippen LogP contribution is -2.40. The lowest BCUT2D eigenvalue weighted by atomic mass is 9.86. The molecule has 0 radical (unpaired) electrons. The Balaban J connectivity index is 1.81. The topological polar surface area (TPSA) is 44.1 Å². The largest absolute Gasteiger partial charge is 0.342 e. The minimum Gasteiger partial charge on any atom is -0.342 e. The summed E-state index contributed by atoms with van der Waals surface area (Å²) in [6.45, 7) is 6.32. The molecular weight excluding hydrogens is 200 g/mol. The lowest BCUT2D eigenvalue weighted by Gasteiger charge is -2.34. The molecule has 0 aromatic heterocycles. The quantitative estimate of drug-likeness (QED) is 0.714. The molecule has 16 heavy (non-hydrogen) atoms. The third kappa shape index (κ3) is 2.21. The highest BCUT2D eigenvalue weighted by Gasteiger charge is 2.45. The molecule has 1 aliphatic heterocycles. The van der Waals surface area contributed by atoms with Crippen LogP contribution in [0, 0.1) is 35.0 Å². The van der Waals surface area contributed by atoms with E-state index in [4.69, 9.17) is 5.26 Å². The van der Waals surface area contributed by atoms with Gasteiger partial charge in [-0.3, -0.25) is 4.79 Å². The van der Waals surface area contributed by atoms with Crippen molar-refractivity contribution < 1.29 is 4.79 Å². The van der Waals surface area contributed by atoms with Crippen LogP contribution in [0.3, 0.4) is 0 Å². The number of amides is 1. The summed E-state index contributed by atoms with van der Waals surface area (Å²) < 4.78 is 0. The maximum absolute atomic E-state index is 12.0. The van der Waals surface area contributed by atoms with Crippen LogP contribution in [0.4, 0.5) is 0 Å².